The van der Waals surface area contributed by atoms with Crippen LogP contribution in [0.15, 0.2) is 11.6 Å². The van der Waals surface area contributed by atoms with E-state index in [1.807, 2.05) is 0 Å². The first-order chi connectivity index (χ1) is 14.5. The number of allylic oxidation sites excluding steroid dienone is 2. The SMILES string of the molecule is CC(C)(O[Si](C)(C)C(C)(C)C)C1CC[C@]2(C)C(CC[C@@]3(C)C2CCC2=CCC(=O)[C@@]23C)O1. The summed E-state index contributed by atoms with van der Waals surface area (Å²) in [7, 11) is -1.88. The highest BCUT2D eigenvalue weighted by atomic mass is 28.4. The lowest BCUT2D eigenvalue weighted by molar-refractivity contribution is -0.239. The van der Waals surface area contributed by atoms with Gasteiger partial charge < -0.3 is 9.16 Å². The zero-order valence-corrected chi connectivity index (χ0v) is 23.5. The molecule has 0 bridgehead atoms. The predicted molar refractivity (Wildman–Crippen MR) is 134 cm³/mol. The van der Waals surface area contributed by atoms with E-state index in [4.69, 9.17) is 9.16 Å². The summed E-state index contributed by atoms with van der Waals surface area (Å²) in [5.74, 6) is 1.00. The maximum absolute atomic E-state index is 13.2. The molecular formula is C28H48O3Si. The van der Waals surface area contributed by atoms with Gasteiger partial charge in [0.1, 0.15) is 5.78 Å². The molecule has 1 saturated heterocycles. The Balaban J connectivity index is 1.57. The quantitative estimate of drug-likeness (QED) is 0.324. The summed E-state index contributed by atoms with van der Waals surface area (Å²) in [6, 6.07) is 0. The maximum atomic E-state index is 13.2. The van der Waals surface area contributed by atoms with Crippen LogP contribution in [0.25, 0.3) is 0 Å². The van der Waals surface area contributed by atoms with Gasteiger partial charge in [-0.2, -0.15) is 0 Å². The normalized spacial score (nSPS) is 42.8. The van der Waals surface area contributed by atoms with Crippen LogP contribution in [0.2, 0.25) is 18.1 Å². The number of hydrogen-bond donors (Lipinski definition) is 0. The maximum Gasteiger partial charge on any atom is 0.192 e. The van der Waals surface area contributed by atoms with Crippen LogP contribution in [0.4, 0.5) is 0 Å². The van der Waals surface area contributed by atoms with E-state index in [9.17, 15) is 4.79 Å². The van der Waals surface area contributed by atoms with Crippen LogP contribution >= 0.6 is 0 Å². The molecule has 3 nitrogen and oxygen atoms in total. The Kier molecular flexibility index (Phi) is 5.61. The molecule has 1 aliphatic heterocycles. The molecule has 4 heteroatoms. The number of carbonyl (C=O) groups excluding carboxylic acids is 1. The zero-order valence-electron chi connectivity index (χ0n) is 22.5. The molecule has 0 spiro atoms. The average Bonchev–Trinajstić information content (AvgIpc) is 2.95. The molecule has 1 heterocycles. The van der Waals surface area contributed by atoms with Crippen LogP contribution in [0.5, 0.6) is 0 Å². The fraction of sp³-hybridized carbons (Fsp3) is 0.893. The fourth-order valence-electron chi connectivity index (χ4n) is 7.93. The largest absolute Gasteiger partial charge is 0.409 e. The van der Waals surface area contributed by atoms with Crippen molar-refractivity contribution >= 4 is 14.1 Å². The predicted octanol–water partition coefficient (Wildman–Crippen LogP) is 7.46. The highest BCUT2D eigenvalue weighted by Crippen LogP contribution is 2.70. The highest BCUT2D eigenvalue weighted by molar-refractivity contribution is 6.74. The molecule has 0 amide bonds. The van der Waals surface area contributed by atoms with Crippen molar-refractivity contribution < 1.29 is 14.0 Å². The van der Waals surface area contributed by atoms with E-state index in [0.29, 0.717) is 18.1 Å². The Morgan fingerprint density at radius 2 is 1.69 bits per heavy atom. The Hall–Kier alpha value is -0.453. The van der Waals surface area contributed by atoms with E-state index in [2.05, 4.69) is 74.6 Å². The number of hydrogen-bond acceptors (Lipinski definition) is 3. The second kappa shape index (κ2) is 7.27. The minimum atomic E-state index is -1.88. The number of carbonyl (C=O) groups is 1. The van der Waals surface area contributed by atoms with Crippen molar-refractivity contribution in [3.05, 3.63) is 11.6 Å². The van der Waals surface area contributed by atoms with Crippen LogP contribution in [0.3, 0.4) is 0 Å². The van der Waals surface area contributed by atoms with Crippen LogP contribution < -0.4 is 0 Å². The molecule has 0 N–H and O–H groups in total. The van der Waals surface area contributed by atoms with E-state index in [-0.39, 0.29) is 39.1 Å². The number of ketones is 1. The lowest BCUT2D eigenvalue weighted by Crippen LogP contribution is -2.64. The average molecular weight is 461 g/mol. The standard InChI is InChI=1S/C28H48O3Si/c1-24(2,3)32(9,10)31-25(4,5)22-15-17-26(6)20-13-11-19-12-14-21(29)28(19,8)27(20,7)18-16-23(26)30-22/h12,20,22-23H,11,13-18H2,1-10H3/t20?,22?,23?,26-,27-,28+/m0/s1. The van der Waals surface area contributed by atoms with Crippen LogP contribution in [0, 0.1) is 22.2 Å². The number of fused-ring (bicyclic) bond motifs is 5. The van der Waals surface area contributed by atoms with Gasteiger partial charge in [-0.3, -0.25) is 4.79 Å². The minimum absolute atomic E-state index is 0.0548. The molecule has 0 aromatic rings. The summed E-state index contributed by atoms with van der Waals surface area (Å²) in [5.41, 5.74) is 1.10. The lowest BCUT2D eigenvalue weighted by atomic mass is 9.40. The Morgan fingerprint density at radius 3 is 2.31 bits per heavy atom. The summed E-state index contributed by atoms with van der Waals surface area (Å²) in [5, 5.41) is 0.191. The first kappa shape index (κ1) is 24.7. The van der Waals surface area contributed by atoms with E-state index < -0.39 is 8.32 Å². The van der Waals surface area contributed by atoms with Gasteiger partial charge in [0.25, 0.3) is 0 Å². The van der Waals surface area contributed by atoms with Gasteiger partial charge in [0.15, 0.2) is 8.32 Å². The van der Waals surface area contributed by atoms with Crippen molar-refractivity contribution in [2.75, 3.05) is 0 Å². The molecule has 6 atom stereocenters. The van der Waals surface area contributed by atoms with Gasteiger partial charge in [-0.1, -0.05) is 46.3 Å². The molecule has 3 unspecified atom stereocenters. The van der Waals surface area contributed by atoms with Crippen molar-refractivity contribution in [2.45, 2.75) is 136 Å². The fourth-order valence-corrected chi connectivity index (χ4v) is 9.68. The van der Waals surface area contributed by atoms with Gasteiger partial charge in [0.05, 0.1) is 23.2 Å². The summed E-state index contributed by atoms with van der Waals surface area (Å²) >= 11 is 0. The van der Waals surface area contributed by atoms with E-state index in [1.54, 1.807) is 0 Å². The van der Waals surface area contributed by atoms with Crippen molar-refractivity contribution in [1.82, 2.24) is 0 Å². The first-order valence-corrected chi connectivity index (χ1v) is 16.0. The first-order valence-electron chi connectivity index (χ1n) is 13.1. The van der Waals surface area contributed by atoms with Gasteiger partial charge in [-0.25, -0.2) is 0 Å². The number of Topliss-reactive ketones (excluding diaryl/α,β-unsaturated/α-hetero) is 1. The van der Waals surface area contributed by atoms with Crippen molar-refractivity contribution in [3.8, 4) is 0 Å². The zero-order chi connectivity index (χ0) is 24.0. The third-order valence-corrected chi connectivity index (χ3v) is 15.8. The molecular weight excluding hydrogens is 412 g/mol. The molecule has 182 valence electrons. The molecule has 4 aliphatic rings. The Labute approximate surface area is 198 Å². The molecule has 0 radical (unpaired) electrons. The van der Waals surface area contributed by atoms with Crippen LogP contribution in [0.1, 0.15) is 100 Å². The second-order valence-electron chi connectivity index (χ2n) is 14.2. The van der Waals surface area contributed by atoms with Gasteiger partial charge in [0.2, 0.25) is 0 Å². The topological polar surface area (TPSA) is 35.5 Å². The molecule has 3 aliphatic carbocycles. The van der Waals surface area contributed by atoms with Crippen LogP contribution in [-0.2, 0) is 14.0 Å². The lowest BCUT2D eigenvalue weighted by Gasteiger charge is -2.65. The second-order valence-corrected chi connectivity index (χ2v) is 18.9. The minimum Gasteiger partial charge on any atom is -0.409 e. The molecule has 3 fully saturated rings. The van der Waals surface area contributed by atoms with Gasteiger partial charge >= 0.3 is 0 Å². The summed E-state index contributed by atoms with van der Waals surface area (Å²) < 4.78 is 13.9. The van der Waals surface area contributed by atoms with Crippen LogP contribution in [-0.4, -0.2) is 31.9 Å². The Bertz CT molecular complexity index is 821. The molecule has 0 aromatic carbocycles. The van der Waals surface area contributed by atoms with Crippen molar-refractivity contribution in [1.29, 1.82) is 0 Å². The molecule has 0 aromatic heterocycles. The van der Waals surface area contributed by atoms with Gasteiger partial charge in [-0.05, 0) is 94.2 Å². The smallest absolute Gasteiger partial charge is 0.192 e. The number of rotatable bonds is 3. The summed E-state index contributed by atoms with van der Waals surface area (Å²) in [6.45, 7) is 23.3. The third-order valence-electron chi connectivity index (χ3n) is 11.2. The van der Waals surface area contributed by atoms with E-state index >= 15 is 0 Å². The van der Waals surface area contributed by atoms with Crippen molar-refractivity contribution in [3.63, 3.8) is 0 Å². The van der Waals surface area contributed by atoms with Crippen molar-refractivity contribution in [2.24, 2.45) is 22.2 Å². The monoisotopic (exact) mass is 460 g/mol. The van der Waals surface area contributed by atoms with Gasteiger partial charge in [-0.15, -0.1) is 0 Å². The Morgan fingerprint density at radius 1 is 1.03 bits per heavy atom. The molecule has 32 heavy (non-hydrogen) atoms. The summed E-state index contributed by atoms with van der Waals surface area (Å²) in [6.07, 6.45) is 9.99. The van der Waals surface area contributed by atoms with E-state index in [0.717, 1.165) is 25.7 Å². The third kappa shape index (κ3) is 3.29. The highest BCUT2D eigenvalue weighted by Gasteiger charge is 2.67. The molecule has 4 rings (SSSR count). The summed E-state index contributed by atoms with van der Waals surface area (Å²) in [4.78, 5) is 13.2. The van der Waals surface area contributed by atoms with Gasteiger partial charge in [0, 0.05) is 6.42 Å². The van der Waals surface area contributed by atoms with E-state index in [1.165, 1.54) is 18.4 Å². The molecule has 2 saturated carbocycles. The number of ether oxygens (including phenoxy) is 1.